The molecule has 2 heteroatoms. The zero-order chi connectivity index (χ0) is 33.7. The minimum atomic E-state index is 0.932. The second kappa shape index (κ2) is 12.0. The molecule has 10 rings (SSSR count). The zero-order valence-electron chi connectivity index (χ0n) is 27.9. The van der Waals surface area contributed by atoms with Gasteiger partial charge in [0.2, 0.25) is 0 Å². The average molecular weight is 649 g/mol. The summed E-state index contributed by atoms with van der Waals surface area (Å²) in [6, 6.07) is 69.9. The van der Waals surface area contributed by atoms with E-state index in [2.05, 4.69) is 199 Å². The second-order valence-corrected chi connectivity index (χ2v) is 13.2. The lowest BCUT2D eigenvalue weighted by molar-refractivity contribution is 1.10. The number of nitrogens with zero attached hydrogens (tertiary/aromatic N) is 2. The van der Waals surface area contributed by atoms with E-state index < -0.39 is 0 Å². The van der Waals surface area contributed by atoms with Crippen molar-refractivity contribution in [1.82, 2.24) is 9.55 Å². The van der Waals surface area contributed by atoms with E-state index in [9.17, 15) is 0 Å². The first-order chi connectivity index (χ1) is 25.3. The molecule has 0 aliphatic heterocycles. The number of para-hydroxylation sites is 3. The summed E-state index contributed by atoms with van der Waals surface area (Å²) in [5.74, 6) is 0.932. The van der Waals surface area contributed by atoms with E-state index in [1.54, 1.807) is 0 Å². The molecule has 0 fully saturated rings. The molecule has 238 valence electrons. The van der Waals surface area contributed by atoms with Gasteiger partial charge in [-0.15, -0.1) is 0 Å². The summed E-state index contributed by atoms with van der Waals surface area (Å²) in [4.78, 5) is 5.14. The highest BCUT2D eigenvalue weighted by molar-refractivity contribution is 6.21. The van der Waals surface area contributed by atoms with Gasteiger partial charge in [-0.1, -0.05) is 152 Å². The van der Waals surface area contributed by atoms with Crippen LogP contribution in [0.2, 0.25) is 0 Å². The molecule has 10 aromatic rings. The van der Waals surface area contributed by atoms with Gasteiger partial charge in [-0.05, 0) is 108 Å². The van der Waals surface area contributed by atoms with Gasteiger partial charge in [0.05, 0.1) is 11.0 Å². The molecule has 0 N–H and O–H groups in total. The van der Waals surface area contributed by atoms with E-state index in [0.717, 1.165) is 33.7 Å². The molecular weight excluding hydrogens is 617 g/mol. The Kier molecular flexibility index (Phi) is 6.85. The van der Waals surface area contributed by atoms with E-state index in [-0.39, 0.29) is 0 Å². The lowest BCUT2D eigenvalue weighted by Gasteiger charge is -2.18. The molecule has 0 aliphatic carbocycles. The van der Waals surface area contributed by atoms with Gasteiger partial charge >= 0.3 is 0 Å². The predicted octanol–water partition coefficient (Wildman–Crippen LogP) is 13.2. The minimum absolute atomic E-state index is 0.932. The Morgan fingerprint density at radius 3 is 1.53 bits per heavy atom. The fraction of sp³-hybridized carbons (Fsp3) is 0. The molecule has 1 aromatic heterocycles. The standard InChI is InChI=1S/C49H32N2/c1-2-20-40(21-3-1)51-46-27-11-10-26-45(46)50-49(51)39-19-13-17-36(32-39)35-16-12-18-37(31-35)47-41-22-6-8-24-43(41)48(44-25-9-7-23-42(44)47)38-29-28-33-14-4-5-15-34(33)30-38/h1-32H. The van der Waals surface area contributed by atoms with E-state index in [0.29, 0.717) is 0 Å². The summed E-state index contributed by atoms with van der Waals surface area (Å²) < 4.78 is 2.26. The monoisotopic (exact) mass is 648 g/mol. The summed E-state index contributed by atoms with van der Waals surface area (Å²) in [6.45, 7) is 0. The number of imidazole rings is 1. The maximum atomic E-state index is 5.14. The van der Waals surface area contributed by atoms with Crippen molar-refractivity contribution in [3.8, 4) is 50.5 Å². The smallest absolute Gasteiger partial charge is 0.145 e. The quantitative estimate of drug-likeness (QED) is 0.170. The summed E-state index contributed by atoms with van der Waals surface area (Å²) >= 11 is 0. The highest BCUT2D eigenvalue weighted by Gasteiger charge is 2.18. The zero-order valence-corrected chi connectivity index (χ0v) is 27.9. The van der Waals surface area contributed by atoms with Gasteiger partial charge in [-0.2, -0.15) is 0 Å². The van der Waals surface area contributed by atoms with E-state index in [1.165, 1.54) is 60.1 Å². The molecular formula is C49H32N2. The topological polar surface area (TPSA) is 17.8 Å². The highest BCUT2D eigenvalue weighted by Crippen LogP contribution is 2.44. The third kappa shape index (κ3) is 4.92. The molecule has 9 aromatic carbocycles. The number of rotatable bonds is 5. The highest BCUT2D eigenvalue weighted by atomic mass is 15.1. The van der Waals surface area contributed by atoms with Crippen LogP contribution in [0, 0.1) is 0 Å². The van der Waals surface area contributed by atoms with Gasteiger partial charge in [0.25, 0.3) is 0 Å². The summed E-state index contributed by atoms with van der Waals surface area (Å²) in [5, 5.41) is 7.53. The maximum absolute atomic E-state index is 5.14. The van der Waals surface area contributed by atoms with Crippen molar-refractivity contribution in [2.45, 2.75) is 0 Å². The van der Waals surface area contributed by atoms with Crippen LogP contribution in [0.5, 0.6) is 0 Å². The van der Waals surface area contributed by atoms with Crippen molar-refractivity contribution in [3.63, 3.8) is 0 Å². The number of fused-ring (bicyclic) bond motifs is 4. The van der Waals surface area contributed by atoms with E-state index >= 15 is 0 Å². The van der Waals surface area contributed by atoms with Crippen LogP contribution in [0.3, 0.4) is 0 Å². The van der Waals surface area contributed by atoms with Crippen LogP contribution in [0.25, 0.3) is 93.8 Å². The molecule has 0 bridgehead atoms. The molecule has 1 heterocycles. The van der Waals surface area contributed by atoms with Crippen LogP contribution < -0.4 is 0 Å². The Morgan fingerprint density at radius 1 is 0.333 bits per heavy atom. The minimum Gasteiger partial charge on any atom is -0.292 e. The Morgan fingerprint density at radius 2 is 0.843 bits per heavy atom. The van der Waals surface area contributed by atoms with Gasteiger partial charge in [-0.25, -0.2) is 4.98 Å². The van der Waals surface area contributed by atoms with Crippen LogP contribution in [-0.4, -0.2) is 9.55 Å². The van der Waals surface area contributed by atoms with Crippen molar-refractivity contribution in [2.75, 3.05) is 0 Å². The SMILES string of the molecule is c1ccc(-n2c(-c3cccc(-c4cccc(-c5c6ccccc6c(-c6ccc7ccccc7c6)c6ccccc56)c4)c3)nc3ccccc32)cc1. The van der Waals surface area contributed by atoms with Crippen molar-refractivity contribution in [2.24, 2.45) is 0 Å². The van der Waals surface area contributed by atoms with Crippen LogP contribution in [-0.2, 0) is 0 Å². The van der Waals surface area contributed by atoms with Crippen LogP contribution in [0.1, 0.15) is 0 Å². The number of hydrogen-bond donors (Lipinski definition) is 0. The molecule has 51 heavy (non-hydrogen) atoms. The number of aromatic nitrogens is 2. The summed E-state index contributed by atoms with van der Waals surface area (Å²) in [7, 11) is 0. The van der Waals surface area contributed by atoms with Gasteiger partial charge in [0.1, 0.15) is 5.82 Å². The van der Waals surface area contributed by atoms with Crippen LogP contribution in [0.15, 0.2) is 194 Å². The molecule has 0 saturated heterocycles. The van der Waals surface area contributed by atoms with Gasteiger partial charge < -0.3 is 0 Å². The fourth-order valence-corrected chi connectivity index (χ4v) is 7.85. The van der Waals surface area contributed by atoms with Crippen molar-refractivity contribution in [3.05, 3.63) is 194 Å². The largest absolute Gasteiger partial charge is 0.292 e. The third-order valence-corrected chi connectivity index (χ3v) is 10.2. The lowest BCUT2D eigenvalue weighted by atomic mass is 9.85. The normalized spacial score (nSPS) is 11.5. The van der Waals surface area contributed by atoms with Gasteiger partial charge in [0.15, 0.2) is 0 Å². The molecule has 0 unspecified atom stereocenters. The van der Waals surface area contributed by atoms with Crippen molar-refractivity contribution < 1.29 is 0 Å². The van der Waals surface area contributed by atoms with E-state index in [1.807, 2.05) is 0 Å². The lowest BCUT2D eigenvalue weighted by Crippen LogP contribution is -1.97. The molecule has 0 saturated carbocycles. The van der Waals surface area contributed by atoms with E-state index in [4.69, 9.17) is 4.98 Å². The Hall–Kier alpha value is -6.77. The van der Waals surface area contributed by atoms with Crippen LogP contribution >= 0.6 is 0 Å². The average Bonchev–Trinajstić information content (AvgIpc) is 3.60. The first kappa shape index (κ1) is 29.2. The van der Waals surface area contributed by atoms with Gasteiger partial charge in [0, 0.05) is 11.3 Å². The predicted molar refractivity (Wildman–Crippen MR) is 215 cm³/mol. The third-order valence-electron chi connectivity index (χ3n) is 10.2. The Labute approximate surface area is 296 Å². The molecule has 0 atom stereocenters. The van der Waals surface area contributed by atoms with Gasteiger partial charge in [-0.3, -0.25) is 4.57 Å². The molecule has 0 radical (unpaired) electrons. The van der Waals surface area contributed by atoms with Crippen molar-refractivity contribution >= 4 is 43.4 Å². The Bertz CT molecular complexity index is 2860. The number of hydrogen-bond acceptors (Lipinski definition) is 1. The van der Waals surface area contributed by atoms with Crippen molar-refractivity contribution in [1.29, 1.82) is 0 Å². The Balaban J connectivity index is 1.14. The first-order valence-electron chi connectivity index (χ1n) is 17.5. The first-order valence-corrected chi connectivity index (χ1v) is 17.5. The fourth-order valence-electron chi connectivity index (χ4n) is 7.85. The molecule has 0 spiro atoms. The molecule has 2 nitrogen and oxygen atoms in total. The number of benzene rings is 9. The summed E-state index contributed by atoms with van der Waals surface area (Å²) in [6.07, 6.45) is 0. The summed E-state index contributed by atoms with van der Waals surface area (Å²) in [5.41, 5.74) is 11.5. The van der Waals surface area contributed by atoms with Crippen LogP contribution in [0.4, 0.5) is 0 Å². The maximum Gasteiger partial charge on any atom is 0.145 e. The molecule has 0 aliphatic rings. The molecule has 0 amide bonds. The second-order valence-electron chi connectivity index (χ2n) is 13.2.